The van der Waals surface area contributed by atoms with Crippen LogP contribution in [0.15, 0.2) is 12.4 Å². The first kappa shape index (κ1) is 21.4. The van der Waals surface area contributed by atoms with E-state index in [-0.39, 0.29) is 36.7 Å². The number of methoxy groups -OCH3 is 1. The standard InChI is InChI=1S/C14H25N5O3.ClH/c1-4-10(2)13(15)14(21)18-11-7-17-19(8-11)9-12(20)16-5-6-22-3;/h7-8,10,13H,4-6,9,15H2,1-3H3,(H,16,20)(H,18,21);1H. The third-order valence-electron chi connectivity index (χ3n) is 3.39. The first-order valence-electron chi connectivity index (χ1n) is 7.32. The molecule has 9 heteroatoms. The maximum absolute atomic E-state index is 12.0. The van der Waals surface area contributed by atoms with Gasteiger partial charge in [0.15, 0.2) is 0 Å². The van der Waals surface area contributed by atoms with Gasteiger partial charge in [0.25, 0.3) is 0 Å². The average Bonchev–Trinajstić information content (AvgIpc) is 2.92. The van der Waals surface area contributed by atoms with Crippen molar-refractivity contribution in [1.29, 1.82) is 0 Å². The highest BCUT2D eigenvalue weighted by molar-refractivity contribution is 5.94. The van der Waals surface area contributed by atoms with Gasteiger partial charge in [-0.15, -0.1) is 12.4 Å². The molecule has 1 rings (SSSR count). The first-order valence-corrected chi connectivity index (χ1v) is 7.32. The van der Waals surface area contributed by atoms with E-state index in [9.17, 15) is 9.59 Å². The van der Waals surface area contributed by atoms with Crippen molar-refractivity contribution in [2.24, 2.45) is 11.7 Å². The van der Waals surface area contributed by atoms with Crippen LogP contribution in [0.2, 0.25) is 0 Å². The summed E-state index contributed by atoms with van der Waals surface area (Å²) in [6, 6.07) is -0.564. The van der Waals surface area contributed by atoms with E-state index in [1.54, 1.807) is 13.3 Å². The normalized spacial score (nSPS) is 12.9. The van der Waals surface area contributed by atoms with Gasteiger partial charge >= 0.3 is 0 Å². The van der Waals surface area contributed by atoms with Gasteiger partial charge in [-0.2, -0.15) is 5.10 Å². The molecule has 0 spiro atoms. The lowest BCUT2D eigenvalue weighted by Crippen LogP contribution is -2.40. The van der Waals surface area contributed by atoms with Gasteiger partial charge in [0.1, 0.15) is 6.54 Å². The molecule has 0 aliphatic carbocycles. The lowest BCUT2D eigenvalue weighted by atomic mass is 9.99. The summed E-state index contributed by atoms with van der Waals surface area (Å²) in [6.07, 6.45) is 3.91. The van der Waals surface area contributed by atoms with E-state index in [0.717, 1.165) is 6.42 Å². The summed E-state index contributed by atoms with van der Waals surface area (Å²) in [6.45, 7) is 4.90. The summed E-state index contributed by atoms with van der Waals surface area (Å²) >= 11 is 0. The Morgan fingerprint density at radius 1 is 1.48 bits per heavy atom. The number of carbonyl (C=O) groups excluding carboxylic acids is 2. The molecule has 0 aliphatic rings. The first-order chi connectivity index (χ1) is 10.5. The fourth-order valence-corrected chi connectivity index (χ4v) is 1.75. The SMILES string of the molecule is CCC(C)C(N)C(=O)Nc1cnn(CC(=O)NCCOC)c1.Cl. The van der Waals surface area contributed by atoms with Gasteiger partial charge in [0, 0.05) is 19.9 Å². The average molecular weight is 348 g/mol. The molecule has 0 saturated carbocycles. The van der Waals surface area contributed by atoms with Crippen molar-refractivity contribution in [3.63, 3.8) is 0 Å². The topological polar surface area (TPSA) is 111 Å². The molecule has 0 bridgehead atoms. The van der Waals surface area contributed by atoms with Crippen LogP contribution in [0, 0.1) is 5.92 Å². The molecule has 0 saturated heterocycles. The molecule has 1 aromatic heterocycles. The van der Waals surface area contributed by atoms with E-state index in [2.05, 4.69) is 15.7 Å². The zero-order chi connectivity index (χ0) is 16.5. The van der Waals surface area contributed by atoms with Gasteiger partial charge < -0.3 is 21.1 Å². The van der Waals surface area contributed by atoms with Crippen LogP contribution in [0.4, 0.5) is 5.69 Å². The summed E-state index contributed by atoms with van der Waals surface area (Å²) in [5, 5.41) is 9.43. The highest BCUT2D eigenvalue weighted by Gasteiger charge is 2.19. The van der Waals surface area contributed by atoms with Crippen LogP contribution in [0.3, 0.4) is 0 Å². The number of rotatable bonds is 9. The van der Waals surface area contributed by atoms with Gasteiger partial charge in [-0.25, -0.2) is 0 Å². The van der Waals surface area contributed by atoms with E-state index < -0.39 is 6.04 Å². The van der Waals surface area contributed by atoms with Crippen LogP contribution in [-0.2, 0) is 20.9 Å². The highest BCUT2D eigenvalue weighted by Crippen LogP contribution is 2.10. The van der Waals surface area contributed by atoms with Gasteiger partial charge in [-0.3, -0.25) is 14.3 Å². The second kappa shape index (κ2) is 11.0. The number of hydrogen-bond donors (Lipinski definition) is 3. The minimum absolute atomic E-state index is 0. The molecule has 8 nitrogen and oxygen atoms in total. The molecule has 0 aromatic carbocycles. The number of nitrogens with two attached hydrogens (primary N) is 1. The summed E-state index contributed by atoms with van der Waals surface area (Å²) in [7, 11) is 1.57. The van der Waals surface area contributed by atoms with Gasteiger partial charge in [0.05, 0.1) is 24.5 Å². The molecule has 0 radical (unpaired) electrons. The van der Waals surface area contributed by atoms with Crippen LogP contribution in [-0.4, -0.2) is 47.9 Å². The second-order valence-corrected chi connectivity index (χ2v) is 5.17. The van der Waals surface area contributed by atoms with E-state index >= 15 is 0 Å². The van der Waals surface area contributed by atoms with E-state index in [1.165, 1.54) is 10.9 Å². The van der Waals surface area contributed by atoms with Crippen molar-refractivity contribution in [2.45, 2.75) is 32.9 Å². The summed E-state index contributed by atoms with van der Waals surface area (Å²) < 4.78 is 6.30. The third-order valence-corrected chi connectivity index (χ3v) is 3.39. The molecule has 132 valence electrons. The molecule has 0 fully saturated rings. The lowest BCUT2D eigenvalue weighted by Gasteiger charge is -2.16. The molecule has 4 N–H and O–H groups in total. The number of nitrogens with one attached hydrogen (secondary N) is 2. The maximum atomic E-state index is 12.0. The number of ether oxygens (including phenoxy) is 1. The number of anilines is 1. The number of nitrogens with zero attached hydrogens (tertiary/aromatic N) is 2. The Hall–Kier alpha value is -1.64. The van der Waals surface area contributed by atoms with Gasteiger partial charge in [0.2, 0.25) is 11.8 Å². The fraction of sp³-hybridized carbons (Fsp3) is 0.643. The Kier molecular flexibility index (Phi) is 10.2. The number of aromatic nitrogens is 2. The zero-order valence-corrected chi connectivity index (χ0v) is 14.6. The Bertz CT molecular complexity index is 495. The predicted octanol–water partition coefficient (Wildman–Crippen LogP) is 0.379. The zero-order valence-electron chi connectivity index (χ0n) is 13.7. The van der Waals surface area contributed by atoms with Crippen molar-refractivity contribution >= 4 is 29.9 Å². The molecular formula is C14H26ClN5O3. The van der Waals surface area contributed by atoms with Gasteiger partial charge in [-0.1, -0.05) is 20.3 Å². The van der Waals surface area contributed by atoms with Crippen molar-refractivity contribution in [3.05, 3.63) is 12.4 Å². The van der Waals surface area contributed by atoms with E-state index in [1.807, 2.05) is 13.8 Å². The van der Waals surface area contributed by atoms with Crippen LogP contribution < -0.4 is 16.4 Å². The number of amides is 2. The van der Waals surface area contributed by atoms with Crippen molar-refractivity contribution in [1.82, 2.24) is 15.1 Å². The van der Waals surface area contributed by atoms with Crippen molar-refractivity contribution < 1.29 is 14.3 Å². The Labute approximate surface area is 142 Å². The summed E-state index contributed by atoms with van der Waals surface area (Å²) in [4.78, 5) is 23.6. The Morgan fingerprint density at radius 3 is 2.78 bits per heavy atom. The minimum Gasteiger partial charge on any atom is -0.383 e. The monoisotopic (exact) mass is 347 g/mol. The molecule has 2 amide bonds. The predicted molar refractivity (Wildman–Crippen MR) is 90.4 cm³/mol. The smallest absolute Gasteiger partial charge is 0.241 e. The molecule has 2 atom stereocenters. The Morgan fingerprint density at radius 2 is 2.17 bits per heavy atom. The molecule has 23 heavy (non-hydrogen) atoms. The highest BCUT2D eigenvalue weighted by atomic mass is 35.5. The lowest BCUT2D eigenvalue weighted by molar-refractivity contribution is -0.122. The van der Waals surface area contributed by atoms with Crippen molar-refractivity contribution in [2.75, 3.05) is 25.6 Å². The largest absolute Gasteiger partial charge is 0.383 e. The minimum atomic E-state index is -0.564. The quantitative estimate of drug-likeness (QED) is 0.559. The summed E-state index contributed by atoms with van der Waals surface area (Å²) in [5.41, 5.74) is 6.38. The van der Waals surface area contributed by atoms with Gasteiger partial charge in [-0.05, 0) is 5.92 Å². The molecule has 2 unspecified atom stereocenters. The molecular weight excluding hydrogens is 322 g/mol. The number of halogens is 1. The molecule has 1 heterocycles. The van der Waals surface area contributed by atoms with Crippen LogP contribution >= 0.6 is 12.4 Å². The van der Waals surface area contributed by atoms with Crippen LogP contribution in [0.25, 0.3) is 0 Å². The second-order valence-electron chi connectivity index (χ2n) is 5.17. The number of hydrogen-bond acceptors (Lipinski definition) is 5. The van der Waals surface area contributed by atoms with E-state index in [0.29, 0.717) is 18.8 Å². The van der Waals surface area contributed by atoms with E-state index in [4.69, 9.17) is 10.5 Å². The molecule has 0 aliphatic heterocycles. The third kappa shape index (κ3) is 7.45. The van der Waals surface area contributed by atoms with Crippen LogP contribution in [0.1, 0.15) is 20.3 Å². The molecule has 1 aromatic rings. The fourth-order valence-electron chi connectivity index (χ4n) is 1.75. The van der Waals surface area contributed by atoms with Crippen molar-refractivity contribution in [3.8, 4) is 0 Å². The number of carbonyl (C=O) groups is 2. The Balaban J connectivity index is 0.00000484. The maximum Gasteiger partial charge on any atom is 0.241 e. The summed E-state index contributed by atoms with van der Waals surface area (Å²) in [5.74, 6) is -0.325. The van der Waals surface area contributed by atoms with Crippen LogP contribution in [0.5, 0.6) is 0 Å².